The number of esters is 1. The monoisotopic (exact) mass is 324 g/mol. The smallest absolute Gasteiger partial charge is 0.331 e. The molecule has 2 atom stereocenters. The molecule has 0 saturated heterocycles. The number of rotatable bonds is 10. The zero-order chi connectivity index (χ0) is 18.0. The second kappa shape index (κ2) is 10.6. The standard InChI is InChI=1S/C20H36O3/c1-15(2)23-19(21)14-17(4)11-9-10-16(3)12-13-18(5)20(6,7)22-8/h9,11,14-16,18H,10,12-13H2,1-8H3/b11-9+,17-14+. The van der Waals surface area contributed by atoms with Crippen LogP contribution < -0.4 is 0 Å². The van der Waals surface area contributed by atoms with Crippen molar-refractivity contribution in [1.82, 2.24) is 0 Å². The maximum Gasteiger partial charge on any atom is 0.331 e. The van der Waals surface area contributed by atoms with Crippen LogP contribution in [0.2, 0.25) is 0 Å². The van der Waals surface area contributed by atoms with Crippen LogP contribution in [0.15, 0.2) is 23.8 Å². The summed E-state index contributed by atoms with van der Waals surface area (Å²) >= 11 is 0. The van der Waals surface area contributed by atoms with Gasteiger partial charge in [0.05, 0.1) is 11.7 Å². The minimum absolute atomic E-state index is 0.0638. The van der Waals surface area contributed by atoms with Gasteiger partial charge in [-0.1, -0.05) is 32.4 Å². The van der Waals surface area contributed by atoms with E-state index < -0.39 is 0 Å². The van der Waals surface area contributed by atoms with Gasteiger partial charge >= 0.3 is 5.97 Å². The highest BCUT2D eigenvalue weighted by Gasteiger charge is 2.24. The lowest BCUT2D eigenvalue weighted by atomic mass is 9.85. The summed E-state index contributed by atoms with van der Waals surface area (Å²) in [5, 5.41) is 0. The first-order chi connectivity index (χ1) is 10.6. The van der Waals surface area contributed by atoms with Gasteiger partial charge in [0.15, 0.2) is 0 Å². The molecular formula is C20H36O3. The summed E-state index contributed by atoms with van der Waals surface area (Å²) in [6.45, 7) is 14.4. The minimum Gasteiger partial charge on any atom is -0.460 e. The number of allylic oxidation sites excluding steroid dienone is 3. The first-order valence-corrected chi connectivity index (χ1v) is 8.69. The molecule has 0 saturated carbocycles. The Morgan fingerprint density at radius 1 is 1.13 bits per heavy atom. The van der Waals surface area contributed by atoms with Gasteiger partial charge < -0.3 is 9.47 Å². The summed E-state index contributed by atoms with van der Waals surface area (Å²) in [7, 11) is 1.78. The lowest BCUT2D eigenvalue weighted by molar-refractivity contribution is -0.141. The molecule has 0 rings (SSSR count). The Bertz CT molecular complexity index is 405. The predicted octanol–water partition coefficient (Wildman–Crippen LogP) is 5.31. The fourth-order valence-corrected chi connectivity index (χ4v) is 2.19. The summed E-state index contributed by atoms with van der Waals surface area (Å²) in [5.41, 5.74) is 0.864. The van der Waals surface area contributed by atoms with Crippen molar-refractivity contribution in [3.8, 4) is 0 Å². The van der Waals surface area contributed by atoms with Gasteiger partial charge in [0.2, 0.25) is 0 Å². The van der Waals surface area contributed by atoms with Crippen molar-refractivity contribution in [1.29, 1.82) is 0 Å². The molecule has 0 radical (unpaired) electrons. The highest BCUT2D eigenvalue weighted by atomic mass is 16.5. The average Bonchev–Trinajstić information content (AvgIpc) is 2.43. The van der Waals surface area contributed by atoms with Crippen LogP contribution in [0.1, 0.15) is 67.7 Å². The molecule has 0 amide bonds. The van der Waals surface area contributed by atoms with Gasteiger partial charge in [-0.3, -0.25) is 0 Å². The SMILES string of the molecule is COC(C)(C)C(C)CCC(C)C/C=C/C(C)=C/C(=O)OC(C)C. The van der Waals surface area contributed by atoms with Crippen molar-refractivity contribution in [3.63, 3.8) is 0 Å². The van der Waals surface area contributed by atoms with Gasteiger partial charge in [-0.15, -0.1) is 0 Å². The van der Waals surface area contributed by atoms with Crippen LogP contribution in [-0.4, -0.2) is 24.8 Å². The second-order valence-electron chi connectivity index (χ2n) is 7.40. The molecule has 0 aliphatic heterocycles. The molecule has 23 heavy (non-hydrogen) atoms. The molecule has 0 aliphatic carbocycles. The number of hydrogen-bond acceptors (Lipinski definition) is 3. The molecule has 3 heteroatoms. The predicted molar refractivity (Wildman–Crippen MR) is 97.4 cm³/mol. The Balaban J connectivity index is 4.20. The second-order valence-corrected chi connectivity index (χ2v) is 7.40. The Morgan fingerprint density at radius 3 is 2.26 bits per heavy atom. The average molecular weight is 325 g/mol. The maximum absolute atomic E-state index is 11.5. The van der Waals surface area contributed by atoms with Crippen LogP contribution in [0.3, 0.4) is 0 Å². The van der Waals surface area contributed by atoms with E-state index in [9.17, 15) is 4.79 Å². The number of ether oxygens (including phenoxy) is 2. The molecule has 134 valence electrons. The lowest BCUT2D eigenvalue weighted by Crippen LogP contribution is -2.31. The quantitative estimate of drug-likeness (QED) is 0.310. The minimum atomic E-state index is -0.272. The van der Waals surface area contributed by atoms with Crippen LogP contribution >= 0.6 is 0 Å². The fraction of sp³-hybridized carbons (Fsp3) is 0.750. The van der Waals surface area contributed by atoms with Gasteiger partial charge in [-0.25, -0.2) is 4.79 Å². The summed E-state index contributed by atoms with van der Waals surface area (Å²) in [4.78, 5) is 11.5. The Labute approximate surface area is 143 Å². The van der Waals surface area contributed by atoms with Gasteiger partial charge in [-0.2, -0.15) is 0 Å². The van der Waals surface area contributed by atoms with Gasteiger partial charge in [0.25, 0.3) is 0 Å². The topological polar surface area (TPSA) is 35.5 Å². The summed E-state index contributed by atoms with van der Waals surface area (Å²) in [6.07, 6.45) is 8.97. The Hall–Kier alpha value is -1.09. The van der Waals surface area contributed by atoms with E-state index in [1.165, 1.54) is 6.42 Å². The molecule has 0 bridgehead atoms. The van der Waals surface area contributed by atoms with Gasteiger partial charge in [0.1, 0.15) is 0 Å². The van der Waals surface area contributed by atoms with E-state index in [0.717, 1.165) is 18.4 Å². The first-order valence-electron chi connectivity index (χ1n) is 8.69. The van der Waals surface area contributed by atoms with Crippen LogP contribution in [0.25, 0.3) is 0 Å². The maximum atomic E-state index is 11.5. The summed E-state index contributed by atoms with van der Waals surface area (Å²) in [6, 6.07) is 0. The third-order valence-electron chi connectivity index (χ3n) is 4.42. The third-order valence-corrected chi connectivity index (χ3v) is 4.42. The molecule has 3 nitrogen and oxygen atoms in total. The zero-order valence-corrected chi connectivity index (χ0v) is 16.3. The van der Waals surface area contributed by atoms with Crippen molar-refractivity contribution >= 4 is 5.97 Å². The van der Waals surface area contributed by atoms with Crippen LogP contribution in [0.4, 0.5) is 0 Å². The summed E-state index contributed by atoms with van der Waals surface area (Å²) in [5.74, 6) is 0.883. The molecule has 0 fully saturated rings. The fourth-order valence-electron chi connectivity index (χ4n) is 2.19. The normalized spacial score (nSPS) is 16.0. The van der Waals surface area contributed by atoms with Crippen LogP contribution in [0, 0.1) is 11.8 Å². The molecule has 0 aliphatic rings. The van der Waals surface area contributed by atoms with Crippen molar-refractivity contribution < 1.29 is 14.3 Å². The van der Waals surface area contributed by atoms with E-state index in [-0.39, 0.29) is 17.7 Å². The van der Waals surface area contributed by atoms with Crippen LogP contribution in [-0.2, 0) is 14.3 Å². The number of methoxy groups -OCH3 is 1. The largest absolute Gasteiger partial charge is 0.460 e. The number of carbonyl (C=O) groups is 1. The number of hydrogen-bond donors (Lipinski definition) is 0. The highest BCUT2D eigenvalue weighted by Crippen LogP contribution is 2.26. The zero-order valence-electron chi connectivity index (χ0n) is 16.3. The lowest BCUT2D eigenvalue weighted by Gasteiger charge is -2.31. The Kier molecular flexibility index (Phi) is 10.1. The molecular weight excluding hydrogens is 288 g/mol. The van der Waals surface area contributed by atoms with Crippen molar-refractivity contribution in [3.05, 3.63) is 23.8 Å². The van der Waals surface area contributed by atoms with E-state index >= 15 is 0 Å². The highest BCUT2D eigenvalue weighted by molar-refractivity contribution is 5.83. The van der Waals surface area contributed by atoms with Crippen molar-refractivity contribution in [2.24, 2.45) is 11.8 Å². The molecule has 0 heterocycles. The van der Waals surface area contributed by atoms with Crippen LogP contribution in [0.5, 0.6) is 0 Å². The van der Waals surface area contributed by atoms with Gasteiger partial charge in [-0.05, 0) is 64.9 Å². The number of carbonyl (C=O) groups excluding carboxylic acids is 1. The molecule has 0 aromatic rings. The van der Waals surface area contributed by atoms with E-state index in [1.807, 2.05) is 26.8 Å². The molecule has 0 aromatic carbocycles. The first kappa shape index (κ1) is 21.9. The molecule has 0 spiro atoms. The molecule has 2 unspecified atom stereocenters. The van der Waals surface area contributed by atoms with Crippen molar-refractivity contribution in [2.75, 3.05) is 7.11 Å². The third kappa shape index (κ3) is 10.3. The van der Waals surface area contributed by atoms with E-state index in [0.29, 0.717) is 11.8 Å². The van der Waals surface area contributed by atoms with Gasteiger partial charge in [0, 0.05) is 13.2 Å². The summed E-state index contributed by atoms with van der Waals surface area (Å²) < 4.78 is 10.6. The van der Waals surface area contributed by atoms with Crippen molar-refractivity contribution in [2.45, 2.75) is 79.4 Å². The molecule has 0 aromatic heterocycles. The molecule has 0 N–H and O–H groups in total. The van der Waals surface area contributed by atoms with E-state index in [2.05, 4.69) is 33.8 Å². The van der Waals surface area contributed by atoms with E-state index in [1.54, 1.807) is 13.2 Å². The Morgan fingerprint density at radius 2 is 1.74 bits per heavy atom. The van der Waals surface area contributed by atoms with E-state index in [4.69, 9.17) is 9.47 Å².